The van der Waals surface area contributed by atoms with E-state index in [2.05, 4.69) is 27.6 Å². The number of aryl methyl sites for hydroxylation is 1. The third-order valence-electron chi connectivity index (χ3n) is 6.50. The second-order valence-corrected chi connectivity index (χ2v) is 9.15. The van der Waals surface area contributed by atoms with Gasteiger partial charge >= 0.3 is 0 Å². The first kappa shape index (κ1) is 22.9. The van der Waals surface area contributed by atoms with Gasteiger partial charge in [0.2, 0.25) is 0 Å². The number of benzene rings is 2. The van der Waals surface area contributed by atoms with Crippen molar-refractivity contribution in [1.82, 2.24) is 20.2 Å². The van der Waals surface area contributed by atoms with Crippen LogP contribution in [0.1, 0.15) is 28.8 Å². The Morgan fingerprint density at radius 3 is 2.69 bits per heavy atom. The first-order valence-corrected chi connectivity index (χ1v) is 11.8. The van der Waals surface area contributed by atoms with Crippen molar-refractivity contribution in [2.24, 2.45) is 0 Å². The number of amides is 1. The van der Waals surface area contributed by atoms with E-state index in [-0.39, 0.29) is 17.8 Å². The van der Waals surface area contributed by atoms with Crippen molar-refractivity contribution < 1.29 is 9.18 Å². The van der Waals surface area contributed by atoms with Crippen LogP contribution in [0.4, 0.5) is 15.8 Å². The molecule has 0 spiro atoms. The Kier molecular flexibility index (Phi) is 6.42. The van der Waals surface area contributed by atoms with E-state index < -0.39 is 0 Å². The van der Waals surface area contributed by atoms with Crippen LogP contribution >= 0.6 is 0 Å². The lowest BCUT2D eigenvalue weighted by atomic mass is 10.0. The minimum atomic E-state index is -0.327. The molecule has 2 aromatic heterocycles. The number of para-hydroxylation sites is 1. The molecule has 6 nitrogen and oxygen atoms in total. The number of nitrogens with zero attached hydrogens (tertiary/aromatic N) is 3. The van der Waals surface area contributed by atoms with Crippen LogP contribution in [0.5, 0.6) is 0 Å². The van der Waals surface area contributed by atoms with Crippen molar-refractivity contribution in [3.63, 3.8) is 0 Å². The summed E-state index contributed by atoms with van der Waals surface area (Å²) in [6.07, 6.45) is 5.08. The number of likely N-dealkylation sites (tertiary alicyclic amines) is 1. The Morgan fingerprint density at radius 2 is 1.86 bits per heavy atom. The predicted molar refractivity (Wildman–Crippen MR) is 137 cm³/mol. The number of nitrogens with one attached hydrogen (secondary N) is 2. The predicted octanol–water partition coefficient (Wildman–Crippen LogP) is 5.31. The average Bonchev–Trinajstić information content (AvgIpc) is 2.87. The normalized spacial score (nSPS) is 14.7. The average molecular weight is 470 g/mol. The Labute approximate surface area is 204 Å². The highest BCUT2D eigenvalue weighted by molar-refractivity contribution is 6.02. The fourth-order valence-electron chi connectivity index (χ4n) is 4.50. The van der Waals surface area contributed by atoms with E-state index in [0.717, 1.165) is 48.1 Å². The van der Waals surface area contributed by atoms with E-state index in [4.69, 9.17) is 4.98 Å². The van der Waals surface area contributed by atoms with Gasteiger partial charge in [0.25, 0.3) is 5.91 Å². The lowest BCUT2D eigenvalue weighted by Gasteiger charge is -2.29. The van der Waals surface area contributed by atoms with E-state index in [0.29, 0.717) is 22.5 Å². The highest BCUT2D eigenvalue weighted by Gasteiger charge is 2.21. The molecule has 0 aliphatic carbocycles. The lowest BCUT2D eigenvalue weighted by molar-refractivity contribution is 0.0917. The fourth-order valence-corrected chi connectivity index (χ4v) is 4.50. The second-order valence-electron chi connectivity index (χ2n) is 9.15. The number of hydrogen-bond acceptors (Lipinski definition) is 5. The van der Waals surface area contributed by atoms with Crippen LogP contribution in [0.3, 0.4) is 0 Å². The van der Waals surface area contributed by atoms with Crippen molar-refractivity contribution >= 4 is 28.2 Å². The standard InChI is InChI=1S/C28H28FN5O/c1-18-7-8-23(29)21(15-18)27-16-26(20-5-3-4-6-24(20)32-27)33-25-9-12-30-17-22(25)28(35)31-19-10-13-34(2)14-11-19/h3-9,12,15-17,19H,10-11,13-14H2,1-2H3,(H,31,35)(H,30,32,33). The van der Waals surface area contributed by atoms with Crippen molar-refractivity contribution in [3.05, 3.63) is 83.9 Å². The maximum Gasteiger partial charge on any atom is 0.255 e. The summed E-state index contributed by atoms with van der Waals surface area (Å²) in [5.41, 5.74) is 4.50. The van der Waals surface area contributed by atoms with Crippen LogP contribution < -0.4 is 10.6 Å². The molecule has 35 heavy (non-hydrogen) atoms. The van der Waals surface area contributed by atoms with Gasteiger partial charge in [-0.2, -0.15) is 0 Å². The molecular weight excluding hydrogens is 441 g/mol. The number of anilines is 2. The number of carbonyl (C=O) groups excluding carboxylic acids is 1. The molecule has 1 aliphatic rings. The summed E-state index contributed by atoms with van der Waals surface area (Å²) < 4.78 is 14.7. The highest BCUT2D eigenvalue weighted by atomic mass is 19.1. The summed E-state index contributed by atoms with van der Waals surface area (Å²) in [4.78, 5) is 24.3. The Morgan fingerprint density at radius 1 is 1.06 bits per heavy atom. The van der Waals surface area contributed by atoms with Crippen molar-refractivity contribution in [1.29, 1.82) is 0 Å². The van der Waals surface area contributed by atoms with Crippen LogP contribution in [0.15, 0.2) is 67.0 Å². The van der Waals surface area contributed by atoms with Crippen molar-refractivity contribution in [2.45, 2.75) is 25.8 Å². The SMILES string of the molecule is Cc1ccc(F)c(-c2cc(Nc3ccncc3C(=O)NC3CCN(C)CC3)c3ccccc3n2)c1. The maximum absolute atomic E-state index is 14.7. The fraction of sp³-hybridized carbons (Fsp3) is 0.250. The summed E-state index contributed by atoms with van der Waals surface area (Å²) in [6, 6.07) is 16.5. The molecule has 5 rings (SSSR count). The molecule has 3 heterocycles. The van der Waals surface area contributed by atoms with Gasteiger partial charge in [0.1, 0.15) is 5.82 Å². The van der Waals surface area contributed by atoms with Gasteiger partial charge in [-0.3, -0.25) is 9.78 Å². The lowest BCUT2D eigenvalue weighted by Crippen LogP contribution is -2.43. The van der Waals surface area contributed by atoms with E-state index in [9.17, 15) is 9.18 Å². The minimum absolute atomic E-state index is 0.143. The van der Waals surface area contributed by atoms with Gasteiger partial charge in [0.15, 0.2) is 0 Å². The molecule has 4 aromatic rings. The first-order chi connectivity index (χ1) is 17.0. The number of rotatable bonds is 5. The van der Waals surface area contributed by atoms with E-state index in [1.165, 1.54) is 6.07 Å². The summed E-state index contributed by atoms with van der Waals surface area (Å²) >= 11 is 0. The minimum Gasteiger partial charge on any atom is -0.354 e. The van der Waals surface area contributed by atoms with Crippen LogP contribution in [-0.2, 0) is 0 Å². The third-order valence-corrected chi connectivity index (χ3v) is 6.50. The first-order valence-electron chi connectivity index (χ1n) is 11.8. The highest BCUT2D eigenvalue weighted by Crippen LogP contribution is 2.32. The number of carbonyl (C=O) groups is 1. The molecule has 0 unspecified atom stereocenters. The smallest absolute Gasteiger partial charge is 0.255 e. The molecule has 1 aliphatic heterocycles. The van der Waals surface area contributed by atoms with Gasteiger partial charge in [0.05, 0.1) is 28.1 Å². The zero-order valence-electron chi connectivity index (χ0n) is 19.9. The number of aromatic nitrogens is 2. The Hall–Kier alpha value is -3.84. The molecule has 178 valence electrons. The van der Waals surface area contributed by atoms with Gasteiger partial charge in [-0.15, -0.1) is 0 Å². The van der Waals surface area contributed by atoms with Gasteiger partial charge in [-0.25, -0.2) is 9.37 Å². The van der Waals surface area contributed by atoms with Crippen molar-refractivity contribution in [3.8, 4) is 11.3 Å². The molecule has 1 amide bonds. The molecule has 1 fully saturated rings. The monoisotopic (exact) mass is 469 g/mol. The van der Waals surface area contributed by atoms with E-state index in [1.807, 2.05) is 37.3 Å². The molecule has 7 heteroatoms. The summed E-state index contributed by atoms with van der Waals surface area (Å²) in [5.74, 6) is -0.482. The molecule has 2 N–H and O–H groups in total. The zero-order valence-corrected chi connectivity index (χ0v) is 19.9. The van der Waals surface area contributed by atoms with Crippen LogP contribution in [0.25, 0.3) is 22.2 Å². The largest absolute Gasteiger partial charge is 0.354 e. The summed E-state index contributed by atoms with van der Waals surface area (Å²) in [7, 11) is 2.09. The topological polar surface area (TPSA) is 70.2 Å². The van der Waals surface area contributed by atoms with Crippen LogP contribution in [-0.4, -0.2) is 47.0 Å². The Bertz CT molecular complexity index is 1380. The van der Waals surface area contributed by atoms with Crippen LogP contribution in [0.2, 0.25) is 0 Å². The van der Waals surface area contributed by atoms with Gasteiger partial charge < -0.3 is 15.5 Å². The van der Waals surface area contributed by atoms with E-state index >= 15 is 0 Å². The number of pyridine rings is 2. The zero-order chi connectivity index (χ0) is 24.4. The molecule has 0 radical (unpaired) electrons. The van der Waals surface area contributed by atoms with Gasteiger partial charge in [-0.1, -0.05) is 29.8 Å². The number of piperidine rings is 1. The van der Waals surface area contributed by atoms with Crippen molar-refractivity contribution in [2.75, 3.05) is 25.5 Å². The van der Waals surface area contributed by atoms with Gasteiger partial charge in [-0.05, 0) is 70.2 Å². The molecular formula is C28H28FN5O. The van der Waals surface area contributed by atoms with E-state index in [1.54, 1.807) is 30.6 Å². The summed E-state index contributed by atoms with van der Waals surface area (Å²) in [5, 5.41) is 7.45. The molecule has 2 aromatic carbocycles. The molecule has 1 saturated heterocycles. The number of hydrogen-bond donors (Lipinski definition) is 2. The summed E-state index contributed by atoms with van der Waals surface area (Å²) in [6.45, 7) is 3.85. The van der Waals surface area contributed by atoms with Crippen LogP contribution in [0, 0.1) is 12.7 Å². The molecule has 0 atom stereocenters. The Balaban J connectivity index is 1.50. The van der Waals surface area contributed by atoms with Gasteiger partial charge in [0, 0.05) is 29.4 Å². The molecule has 0 saturated carbocycles. The molecule has 0 bridgehead atoms. The quantitative estimate of drug-likeness (QED) is 0.414. The second kappa shape index (κ2) is 9.80. The third kappa shape index (κ3) is 5.00. The maximum atomic E-state index is 14.7. The number of halogens is 1. The number of fused-ring (bicyclic) bond motifs is 1.